The summed E-state index contributed by atoms with van der Waals surface area (Å²) in [5, 5.41) is 8.82. The summed E-state index contributed by atoms with van der Waals surface area (Å²) in [6, 6.07) is 9.11. The highest BCUT2D eigenvalue weighted by molar-refractivity contribution is 5.93. The Hall–Kier alpha value is -2.63. The van der Waals surface area contributed by atoms with E-state index in [-0.39, 0.29) is 18.9 Å². The summed E-state index contributed by atoms with van der Waals surface area (Å²) in [5.74, 6) is -1.02. The van der Waals surface area contributed by atoms with Crippen molar-refractivity contribution in [2.75, 3.05) is 11.4 Å². The molecule has 6 nitrogen and oxygen atoms in total. The second-order valence-corrected chi connectivity index (χ2v) is 4.58. The highest BCUT2D eigenvalue weighted by Crippen LogP contribution is 2.15. The topological polar surface area (TPSA) is 75.4 Å². The molecule has 2 aromatic rings. The van der Waals surface area contributed by atoms with Crippen LogP contribution in [0.3, 0.4) is 0 Å². The van der Waals surface area contributed by atoms with Gasteiger partial charge in [0, 0.05) is 37.6 Å². The number of hydrogen-bond acceptors (Lipinski definition) is 3. The van der Waals surface area contributed by atoms with Crippen LogP contribution in [-0.2, 0) is 16.1 Å². The monoisotopic (exact) mass is 287 g/mol. The summed E-state index contributed by atoms with van der Waals surface area (Å²) in [7, 11) is 0. The van der Waals surface area contributed by atoms with Crippen molar-refractivity contribution in [1.82, 2.24) is 9.55 Å². The standard InChI is InChI=1S/C15H17N3O3/c19-14(6-9-17-11-8-16-12-17)18(10-7-15(20)21)13-4-2-1-3-5-13/h1-5,8,11-12H,6-7,9-10H2,(H,20,21). The van der Waals surface area contributed by atoms with Crippen LogP contribution in [0.4, 0.5) is 5.69 Å². The maximum absolute atomic E-state index is 12.4. The molecule has 0 radical (unpaired) electrons. The van der Waals surface area contributed by atoms with E-state index in [1.165, 1.54) is 4.90 Å². The molecule has 0 saturated carbocycles. The zero-order valence-corrected chi connectivity index (χ0v) is 11.6. The van der Waals surface area contributed by atoms with Gasteiger partial charge in [0.05, 0.1) is 12.7 Å². The lowest BCUT2D eigenvalue weighted by atomic mass is 10.2. The minimum atomic E-state index is -0.918. The van der Waals surface area contributed by atoms with E-state index in [0.29, 0.717) is 13.0 Å². The van der Waals surface area contributed by atoms with Gasteiger partial charge in [-0.3, -0.25) is 9.59 Å². The number of aromatic nitrogens is 2. The zero-order chi connectivity index (χ0) is 15.1. The molecule has 2 rings (SSSR count). The van der Waals surface area contributed by atoms with Crippen molar-refractivity contribution < 1.29 is 14.7 Å². The van der Waals surface area contributed by atoms with Crippen molar-refractivity contribution in [3.05, 3.63) is 49.1 Å². The Morgan fingerprint density at radius 2 is 1.95 bits per heavy atom. The molecule has 21 heavy (non-hydrogen) atoms. The maximum Gasteiger partial charge on any atom is 0.305 e. The second-order valence-electron chi connectivity index (χ2n) is 4.58. The second kappa shape index (κ2) is 7.23. The average molecular weight is 287 g/mol. The smallest absolute Gasteiger partial charge is 0.305 e. The van der Waals surface area contributed by atoms with Gasteiger partial charge in [-0.25, -0.2) is 4.98 Å². The first-order valence-corrected chi connectivity index (χ1v) is 6.70. The van der Waals surface area contributed by atoms with Crippen LogP contribution in [0.2, 0.25) is 0 Å². The Morgan fingerprint density at radius 3 is 2.57 bits per heavy atom. The van der Waals surface area contributed by atoms with Crippen LogP contribution < -0.4 is 4.90 Å². The molecule has 0 aliphatic carbocycles. The third kappa shape index (κ3) is 4.45. The van der Waals surface area contributed by atoms with Crippen LogP contribution in [0.25, 0.3) is 0 Å². The van der Waals surface area contributed by atoms with Gasteiger partial charge in [-0.05, 0) is 12.1 Å². The molecule has 0 unspecified atom stereocenters. The maximum atomic E-state index is 12.4. The number of imidazole rings is 1. The molecular weight excluding hydrogens is 270 g/mol. The fraction of sp³-hybridized carbons (Fsp3) is 0.267. The van der Waals surface area contributed by atoms with Gasteiger partial charge in [-0.15, -0.1) is 0 Å². The number of benzene rings is 1. The van der Waals surface area contributed by atoms with Crippen molar-refractivity contribution in [2.24, 2.45) is 0 Å². The molecule has 0 fully saturated rings. The highest BCUT2D eigenvalue weighted by Gasteiger charge is 2.16. The SMILES string of the molecule is O=C(O)CCN(C(=O)CCn1ccnc1)c1ccccc1. The number of carbonyl (C=O) groups is 2. The van der Waals surface area contributed by atoms with Gasteiger partial charge in [0.2, 0.25) is 5.91 Å². The van der Waals surface area contributed by atoms with E-state index in [2.05, 4.69) is 4.98 Å². The van der Waals surface area contributed by atoms with Crippen LogP contribution in [0.1, 0.15) is 12.8 Å². The number of rotatable bonds is 7. The fourth-order valence-electron chi connectivity index (χ4n) is 1.99. The third-order valence-corrected chi connectivity index (χ3v) is 3.06. The molecular formula is C15H17N3O3. The van der Waals surface area contributed by atoms with Crippen molar-refractivity contribution >= 4 is 17.6 Å². The van der Waals surface area contributed by atoms with Gasteiger partial charge in [0.15, 0.2) is 0 Å². The van der Waals surface area contributed by atoms with Crippen LogP contribution in [0.5, 0.6) is 0 Å². The predicted octanol–water partition coefficient (Wildman–Crippen LogP) is 1.78. The minimum Gasteiger partial charge on any atom is -0.481 e. The van der Waals surface area contributed by atoms with Crippen LogP contribution in [0, 0.1) is 0 Å². The number of amides is 1. The molecule has 0 bridgehead atoms. The first-order chi connectivity index (χ1) is 10.2. The van der Waals surface area contributed by atoms with Gasteiger partial charge >= 0.3 is 5.97 Å². The molecule has 6 heteroatoms. The molecule has 1 amide bonds. The molecule has 0 atom stereocenters. The predicted molar refractivity (Wildman–Crippen MR) is 77.9 cm³/mol. The van der Waals surface area contributed by atoms with Crippen molar-refractivity contribution in [1.29, 1.82) is 0 Å². The number of para-hydroxylation sites is 1. The lowest BCUT2D eigenvalue weighted by molar-refractivity contribution is -0.136. The molecule has 0 spiro atoms. The first-order valence-electron chi connectivity index (χ1n) is 6.70. The van der Waals surface area contributed by atoms with Crippen molar-refractivity contribution in [3.63, 3.8) is 0 Å². The third-order valence-electron chi connectivity index (χ3n) is 3.06. The van der Waals surface area contributed by atoms with E-state index >= 15 is 0 Å². The summed E-state index contributed by atoms with van der Waals surface area (Å²) in [5.41, 5.74) is 0.717. The number of aryl methyl sites for hydroxylation is 1. The number of carboxylic acids is 1. The number of hydrogen-bond donors (Lipinski definition) is 1. The van der Waals surface area contributed by atoms with E-state index < -0.39 is 5.97 Å². The van der Waals surface area contributed by atoms with E-state index in [1.807, 2.05) is 22.8 Å². The molecule has 1 heterocycles. The van der Waals surface area contributed by atoms with Crippen molar-refractivity contribution in [2.45, 2.75) is 19.4 Å². The molecule has 110 valence electrons. The Morgan fingerprint density at radius 1 is 1.19 bits per heavy atom. The van der Waals surface area contributed by atoms with Gasteiger partial charge < -0.3 is 14.6 Å². The molecule has 1 N–H and O–H groups in total. The van der Waals surface area contributed by atoms with Gasteiger partial charge in [-0.1, -0.05) is 18.2 Å². The lowest BCUT2D eigenvalue weighted by Gasteiger charge is -2.22. The summed E-state index contributed by atoms with van der Waals surface area (Å²) in [6.45, 7) is 0.692. The van der Waals surface area contributed by atoms with Gasteiger partial charge in [0.25, 0.3) is 0 Å². The van der Waals surface area contributed by atoms with Crippen LogP contribution >= 0.6 is 0 Å². The number of anilines is 1. The Bertz CT molecular complexity index is 581. The highest BCUT2D eigenvalue weighted by atomic mass is 16.4. The fourth-order valence-corrected chi connectivity index (χ4v) is 1.99. The lowest BCUT2D eigenvalue weighted by Crippen LogP contribution is -2.33. The van der Waals surface area contributed by atoms with Crippen LogP contribution in [-0.4, -0.2) is 33.1 Å². The van der Waals surface area contributed by atoms with Gasteiger partial charge in [-0.2, -0.15) is 0 Å². The van der Waals surface area contributed by atoms with Crippen LogP contribution in [0.15, 0.2) is 49.1 Å². The van der Waals surface area contributed by atoms with Gasteiger partial charge in [0.1, 0.15) is 0 Å². The van der Waals surface area contributed by atoms with E-state index in [1.54, 1.807) is 30.9 Å². The molecule has 0 aliphatic rings. The number of aliphatic carboxylic acids is 1. The summed E-state index contributed by atoms with van der Waals surface area (Å²) in [6.07, 6.45) is 5.31. The Balaban J connectivity index is 2.03. The number of carbonyl (C=O) groups excluding carboxylic acids is 1. The summed E-state index contributed by atoms with van der Waals surface area (Å²) < 4.78 is 1.82. The normalized spacial score (nSPS) is 10.3. The molecule has 1 aromatic carbocycles. The first kappa shape index (κ1) is 14.8. The number of nitrogens with zero attached hydrogens (tertiary/aromatic N) is 3. The number of carboxylic acid groups (broad SMARTS) is 1. The summed E-state index contributed by atoms with van der Waals surface area (Å²) >= 11 is 0. The minimum absolute atomic E-state index is 0.0777. The van der Waals surface area contributed by atoms with E-state index in [4.69, 9.17) is 5.11 Å². The Kier molecular flexibility index (Phi) is 5.09. The molecule has 0 saturated heterocycles. The summed E-state index contributed by atoms with van der Waals surface area (Å²) in [4.78, 5) is 28.5. The van der Waals surface area contributed by atoms with E-state index in [0.717, 1.165) is 5.69 Å². The Labute approximate surface area is 122 Å². The zero-order valence-electron chi connectivity index (χ0n) is 11.6. The largest absolute Gasteiger partial charge is 0.481 e. The molecule has 0 aliphatic heterocycles. The quantitative estimate of drug-likeness (QED) is 0.842. The molecule has 1 aromatic heterocycles. The van der Waals surface area contributed by atoms with Crippen molar-refractivity contribution in [3.8, 4) is 0 Å². The van der Waals surface area contributed by atoms with E-state index in [9.17, 15) is 9.59 Å². The average Bonchev–Trinajstić information content (AvgIpc) is 2.99.